The Morgan fingerprint density at radius 3 is 2.30 bits per heavy atom. The van der Waals surface area contributed by atoms with Crippen molar-refractivity contribution in [1.82, 2.24) is 9.55 Å². The second-order valence-electron chi connectivity index (χ2n) is 5.15. The van der Waals surface area contributed by atoms with E-state index in [1.165, 1.54) is 0 Å². The molecule has 0 fully saturated rings. The first-order valence-corrected chi connectivity index (χ1v) is 7.76. The van der Waals surface area contributed by atoms with Crippen molar-refractivity contribution in [2.45, 2.75) is 13.5 Å². The van der Waals surface area contributed by atoms with Gasteiger partial charge in [0.1, 0.15) is 17.3 Å². The van der Waals surface area contributed by atoms with Gasteiger partial charge in [0.25, 0.3) is 0 Å². The fourth-order valence-electron chi connectivity index (χ4n) is 2.18. The molecule has 0 aliphatic heterocycles. The number of benzene rings is 2. The van der Waals surface area contributed by atoms with E-state index in [1.807, 2.05) is 67.8 Å². The molecule has 0 bridgehead atoms. The topological polar surface area (TPSA) is 27.1 Å². The minimum Gasteiger partial charge on any atom is -0.457 e. The first kappa shape index (κ1) is 15.4. The highest BCUT2D eigenvalue weighted by atomic mass is 35.5. The normalized spacial score (nSPS) is 11.0. The van der Waals surface area contributed by atoms with Gasteiger partial charge in [0.15, 0.2) is 0 Å². The van der Waals surface area contributed by atoms with E-state index in [0.717, 1.165) is 29.4 Å². The van der Waals surface area contributed by atoms with Gasteiger partial charge in [-0.25, -0.2) is 4.98 Å². The first-order valence-electron chi connectivity index (χ1n) is 7.38. The summed E-state index contributed by atoms with van der Waals surface area (Å²) in [4.78, 5) is 4.20. The van der Waals surface area contributed by atoms with Crippen molar-refractivity contribution < 1.29 is 4.74 Å². The van der Waals surface area contributed by atoms with Crippen LogP contribution in [-0.2, 0) is 6.54 Å². The fraction of sp³-hybridized carbons (Fsp3) is 0.105. The molecule has 0 atom stereocenters. The maximum Gasteiger partial charge on any atom is 0.127 e. The molecule has 0 saturated carbocycles. The lowest BCUT2D eigenvalue weighted by atomic mass is 10.2. The highest BCUT2D eigenvalue weighted by Crippen LogP contribution is 2.23. The van der Waals surface area contributed by atoms with Gasteiger partial charge < -0.3 is 9.30 Å². The monoisotopic (exact) mass is 324 g/mol. The zero-order valence-electron chi connectivity index (χ0n) is 12.8. The van der Waals surface area contributed by atoms with Gasteiger partial charge in [-0.3, -0.25) is 0 Å². The Bertz CT molecular complexity index is 789. The summed E-state index contributed by atoms with van der Waals surface area (Å²) in [5.74, 6) is 2.59. The molecule has 1 heterocycles. The van der Waals surface area contributed by atoms with Crippen molar-refractivity contribution in [3.05, 3.63) is 83.4 Å². The number of hydrogen-bond acceptors (Lipinski definition) is 2. The Kier molecular flexibility index (Phi) is 4.79. The predicted molar refractivity (Wildman–Crippen MR) is 94.0 cm³/mol. The van der Waals surface area contributed by atoms with Crippen molar-refractivity contribution >= 4 is 17.7 Å². The van der Waals surface area contributed by atoms with Crippen LogP contribution >= 0.6 is 11.6 Å². The summed E-state index contributed by atoms with van der Waals surface area (Å²) in [6, 6.07) is 15.3. The highest BCUT2D eigenvalue weighted by Gasteiger charge is 1.97. The van der Waals surface area contributed by atoms with Crippen LogP contribution in [0.1, 0.15) is 11.4 Å². The highest BCUT2D eigenvalue weighted by molar-refractivity contribution is 6.30. The molecule has 0 saturated heterocycles. The molecule has 4 heteroatoms. The van der Waals surface area contributed by atoms with E-state index in [4.69, 9.17) is 16.3 Å². The summed E-state index contributed by atoms with van der Waals surface area (Å²) in [5.41, 5.74) is 1.13. The van der Waals surface area contributed by atoms with E-state index in [0.29, 0.717) is 5.02 Å². The number of halogens is 1. The van der Waals surface area contributed by atoms with Crippen molar-refractivity contribution in [3.8, 4) is 11.5 Å². The minimum absolute atomic E-state index is 0.700. The summed E-state index contributed by atoms with van der Waals surface area (Å²) in [6.07, 6.45) is 7.99. The van der Waals surface area contributed by atoms with Crippen LogP contribution in [0.5, 0.6) is 11.5 Å². The zero-order chi connectivity index (χ0) is 16.1. The maximum atomic E-state index is 5.86. The second kappa shape index (κ2) is 7.16. The van der Waals surface area contributed by atoms with Crippen molar-refractivity contribution in [2.75, 3.05) is 0 Å². The van der Waals surface area contributed by atoms with Crippen LogP contribution in [-0.4, -0.2) is 9.55 Å². The van der Waals surface area contributed by atoms with Crippen LogP contribution in [0.4, 0.5) is 0 Å². The minimum atomic E-state index is 0.700. The molecule has 3 rings (SSSR count). The van der Waals surface area contributed by atoms with Crippen molar-refractivity contribution in [2.24, 2.45) is 0 Å². The molecule has 3 nitrogen and oxygen atoms in total. The molecule has 0 radical (unpaired) electrons. The van der Waals surface area contributed by atoms with Gasteiger partial charge in [0.05, 0.1) is 0 Å². The van der Waals surface area contributed by atoms with Crippen LogP contribution in [0.3, 0.4) is 0 Å². The van der Waals surface area contributed by atoms with E-state index in [9.17, 15) is 0 Å². The third-order valence-corrected chi connectivity index (χ3v) is 3.72. The van der Waals surface area contributed by atoms with Crippen LogP contribution in [0, 0.1) is 6.92 Å². The first-order chi connectivity index (χ1) is 11.2. The van der Waals surface area contributed by atoms with Crippen LogP contribution in [0.15, 0.2) is 67.0 Å². The summed E-state index contributed by atoms with van der Waals surface area (Å²) >= 11 is 5.86. The molecule has 0 spiro atoms. The number of imidazole rings is 1. The number of nitrogens with zero attached hydrogens (tertiary/aromatic N) is 2. The molecule has 2 aromatic carbocycles. The Hall–Kier alpha value is -2.52. The molecule has 0 aliphatic rings. The Balaban J connectivity index is 1.60. The number of aromatic nitrogens is 2. The number of allylic oxidation sites excluding steroid dienone is 1. The smallest absolute Gasteiger partial charge is 0.127 e. The van der Waals surface area contributed by atoms with Gasteiger partial charge in [-0.05, 0) is 48.9 Å². The molecular formula is C19H17ClN2O. The molecule has 116 valence electrons. The summed E-state index contributed by atoms with van der Waals surface area (Å²) < 4.78 is 7.86. The lowest BCUT2D eigenvalue weighted by Gasteiger charge is -2.06. The summed E-state index contributed by atoms with van der Waals surface area (Å²) in [6.45, 7) is 2.81. The van der Waals surface area contributed by atoms with Crippen molar-refractivity contribution in [1.29, 1.82) is 0 Å². The molecule has 0 aliphatic carbocycles. The van der Waals surface area contributed by atoms with Gasteiger partial charge in [0.2, 0.25) is 0 Å². The Morgan fingerprint density at radius 1 is 1.04 bits per heavy atom. The molecule has 0 amide bonds. The van der Waals surface area contributed by atoms with Gasteiger partial charge in [-0.1, -0.05) is 35.9 Å². The lowest BCUT2D eigenvalue weighted by Crippen LogP contribution is -1.95. The van der Waals surface area contributed by atoms with Crippen LogP contribution < -0.4 is 4.74 Å². The van der Waals surface area contributed by atoms with Gasteiger partial charge in [-0.2, -0.15) is 0 Å². The second-order valence-corrected chi connectivity index (χ2v) is 5.59. The average molecular weight is 325 g/mol. The maximum absolute atomic E-state index is 5.86. The summed E-state index contributed by atoms with van der Waals surface area (Å²) in [7, 11) is 0. The lowest BCUT2D eigenvalue weighted by molar-refractivity contribution is 0.482. The average Bonchev–Trinajstić information content (AvgIpc) is 2.97. The molecule has 1 aromatic heterocycles. The molecule has 0 unspecified atom stereocenters. The number of hydrogen-bond donors (Lipinski definition) is 0. The van der Waals surface area contributed by atoms with Gasteiger partial charge in [-0.15, -0.1) is 0 Å². The third kappa shape index (κ3) is 4.24. The van der Waals surface area contributed by atoms with E-state index in [1.54, 1.807) is 0 Å². The van der Waals surface area contributed by atoms with Gasteiger partial charge >= 0.3 is 0 Å². The molecule has 3 aromatic rings. The van der Waals surface area contributed by atoms with Crippen LogP contribution in [0.25, 0.3) is 6.08 Å². The Morgan fingerprint density at radius 2 is 1.70 bits per heavy atom. The van der Waals surface area contributed by atoms with E-state index < -0.39 is 0 Å². The number of ether oxygens (including phenoxy) is 1. The summed E-state index contributed by atoms with van der Waals surface area (Å²) in [5, 5.41) is 0.700. The molecule has 0 N–H and O–H groups in total. The largest absolute Gasteiger partial charge is 0.457 e. The quantitative estimate of drug-likeness (QED) is 0.632. The molecule has 23 heavy (non-hydrogen) atoms. The van der Waals surface area contributed by atoms with Crippen LogP contribution in [0.2, 0.25) is 5.02 Å². The number of aryl methyl sites for hydroxylation is 1. The third-order valence-electron chi connectivity index (χ3n) is 3.47. The predicted octanol–water partition coefficient (Wildman–Crippen LogP) is 5.35. The SMILES string of the molecule is Cc1nccn1CC=Cc1ccc(Oc2ccc(Cl)cc2)cc1. The standard InChI is InChI=1S/C19H17ClN2O/c1-15-21-12-14-22(15)13-2-3-16-4-8-18(9-5-16)23-19-10-6-17(20)7-11-19/h2-12,14H,13H2,1H3. The van der Waals surface area contributed by atoms with Crippen molar-refractivity contribution in [3.63, 3.8) is 0 Å². The molecular weight excluding hydrogens is 308 g/mol. The Labute approximate surface area is 140 Å². The fourth-order valence-corrected chi connectivity index (χ4v) is 2.31. The zero-order valence-corrected chi connectivity index (χ0v) is 13.6. The number of rotatable bonds is 5. The van der Waals surface area contributed by atoms with E-state index in [-0.39, 0.29) is 0 Å². The van der Waals surface area contributed by atoms with Gasteiger partial charge in [0, 0.05) is 24.0 Å². The van der Waals surface area contributed by atoms with E-state index >= 15 is 0 Å². The van der Waals surface area contributed by atoms with E-state index in [2.05, 4.69) is 21.7 Å².